The Bertz CT molecular complexity index is 421. The lowest BCUT2D eigenvalue weighted by atomic mass is 10.1. The molecule has 1 aliphatic heterocycles. The summed E-state index contributed by atoms with van der Waals surface area (Å²) in [5, 5.41) is 0. The third-order valence-corrected chi connectivity index (χ3v) is 3.51. The van der Waals surface area contributed by atoms with E-state index >= 15 is 0 Å². The Morgan fingerprint density at radius 2 is 1.74 bits per heavy atom. The summed E-state index contributed by atoms with van der Waals surface area (Å²) in [6, 6.07) is 7.38. The van der Waals surface area contributed by atoms with E-state index in [0.29, 0.717) is 25.2 Å². The number of ether oxygens (including phenoxy) is 2. The highest BCUT2D eigenvalue weighted by molar-refractivity contribution is 5.79. The van der Waals surface area contributed by atoms with Gasteiger partial charge in [-0.25, -0.2) is 0 Å². The van der Waals surface area contributed by atoms with E-state index in [0.717, 1.165) is 5.56 Å². The van der Waals surface area contributed by atoms with Gasteiger partial charge in [-0.05, 0) is 17.7 Å². The van der Waals surface area contributed by atoms with Crippen LogP contribution in [0.5, 0.6) is 0 Å². The topological polar surface area (TPSA) is 64.8 Å². The molecule has 1 aliphatic rings. The number of methoxy groups -OCH3 is 2. The Hall–Kier alpha value is -1.59. The first-order valence-electron chi connectivity index (χ1n) is 6.32. The molecule has 1 heterocycles. The molecule has 5 nitrogen and oxygen atoms in total. The van der Waals surface area contributed by atoms with E-state index in [1.54, 1.807) is 19.1 Å². The maximum atomic E-state index is 12.2. The van der Waals surface area contributed by atoms with Crippen molar-refractivity contribution in [2.75, 3.05) is 33.0 Å². The molecule has 1 amide bonds. The Kier molecular flexibility index (Phi) is 4.39. The number of hydrogen-bond acceptors (Lipinski definition) is 4. The standard InChI is InChI=1S/C14H20N2O3/c1-18-12-8-16(9-13(12)19-2)14(17)7-10-3-5-11(15)6-4-10/h3-6,12-13H,7-9,15H2,1-2H3. The van der Waals surface area contributed by atoms with Gasteiger partial charge in [0.25, 0.3) is 0 Å². The summed E-state index contributed by atoms with van der Waals surface area (Å²) in [5.74, 6) is 0.0892. The number of carbonyl (C=O) groups excluding carboxylic acids is 1. The minimum absolute atomic E-state index is 0.0413. The lowest BCUT2D eigenvalue weighted by Gasteiger charge is -2.15. The van der Waals surface area contributed by atoms with Gasteiger partial charge < -0.3 is 20.1 Å². The third kappa shape index (κ3) is 3.24. The van der Waals surface area contributed by atoms with Crippen LogP contribution in [0.4, 0.5) is 5.69 Å². The Morgan fingerprint density at radius 3 is 2.21 bits per heavy atom. The zero-order chi connectivity index (χ0) is 13.8. The van der Waals surface area contributed by atoms with Crippen molar-refractivity contribution in [3.8, 4) is 0 Å². The van der Waals surface area contributed by atoms with Gasteiger partial charge in [0.15, 0.2) is 0 Å². The molecule has 1 saturated heterocycles. The fourth-order valence-corrected chi connectivity index (χ4v) is 2.32. The van der Waals surface area contributed by atoms with Crippen molar-refractivity contribution in [2.24, 2.45) is 0 Å². The molecule has 19 heavy (non-hydrogen) atoms. The highest BCUT2D eigenvalue weighted by atomic mass is 16.5. The Balaban J connectivity index is 1.95. The second-order valence-corrected chi connectivity index (χ2v) is 4.77. The van der Waals surface area contributed by atoms with Crippen LogP contribution < -0.4 is 5.73 Å². The molecule has 2 rings (SSSR count). The molecule has 0 radical (unpaired) electrons. The lowest BCUT2D eigenvalue weighted by Crippen LogP contribution is -2.31. The van der Waals surface area contributed by atoms with Crippen LogP contribution in [0.3, 0.4) is 0 Å². The summed E-state index contributed by atoms with van der Waals surface area (Å²) in [5.41, 5.74) is 7.30. The van der Waals surface area contributed by atoms with E-state index in [2.05, 4.69) is 0 Å². The average Bonchev–Trinajstić information content (AvgIpc) is 2.84. The van der Waals surface area contributed by atoms with Crippen molar-refractivity contribution in [1.29, 1.82) is 0 Å². The fourth-order valence-electron chi connectivity index (χ4n) is 2.32. The van der Waals surface area contributed by atoms with E-state index in [1.807, 2.05) is 24.3 Å². The molecule has 104 valence electrons. The van der Waals surface area contributed by atoms with Crippen LogP contribution >= 0.6 is 0 Å². The molecular formula is C14H20N2O3. The summed E-state index contributed by atoms with van der Waals surface area (Å²) in [7, 11) is 3.29. The van der Waals surface area contributed by atoms with Gasteiger partial charge in [-0.2, -0.15) is 0 Å². The van der Waals surface area contributed by atoms with Gasteiger partial charge >= 0.3 is 0 Å². The smallest absolute Gasteiger partial charge is 0.227 e. The highest BCUT2D eigenvalue weighted by Gasteiger charge is 2.35. The molecule has 2 atom stereocenters. The first-order valence-corrected chi connectivity index (χ1v) is 6.32. The van der Waals surface area contributed by atoms with Gasteiger partial charge in [0.05, 0.1) is 6.42 Å². The Labute approximate surface area is 113 Å². The number of carbonyl (C=O) groups is 1. The number of nitrogens with two attached hydrogens (primary N) is 1. The molecule has 0 spiro atoms. The van der Waals surface area contributed by atoms with Crippen LogP contribution in [-0.4, -0.2) is 50.3 Å². The zero-order valence-electron chi connectivity index (χ0n) is 11.3. The van der Waals surface area contributed by atoms with Gasteiger partial charge in [0.1, 0.15) is 12.2 Å². The van der Waals surface area contributed by atoms with Crippen molar-refractivity contribution < 1.29 is 14.3 Å². The van der Waals surface area contributed by atoms with Crippen molar-refractivity contribution in [1.82, 2.24) is 4.90 Å². The van der Waals surface area contributed by atoms with Gasteiger partial charge in [-0.1, -0.05) is 12.1 Å². The maximum absolute atomic E-state index is 12.2. The maximum Gasteiger partial charge on any atom is 0.227 e. The predicted octanol–water partition coefficient (Wildman–Crippen LogP) is 0.683. The second-order valence-electron chi connectivity index (χ2n) is 4.77. The Morgan fingerprint density at radius 1 is 1.21 bits per heavy atom. The lowest BCUT2D eigenvalue weighted by molar-refractivity contribution is -0.130. The molecule has 0 bridgehead atoms. The van der Waals surface area contributed by atoms with Gasteiger partial charge in [-0.3, -0.25) is 4.79 Å². The molecular weight excluding hydrogens is 244 g/mol. The van der Waals surface area contributed by atoms with Crippen LogP contribution in [0.15, 0.2) is 24.3 Å². The predicted molar refractivity (Wildman–Crippen MR) is 72.7 cm³/mol. The molecule has 5 heteroatoms. The minimum Gasteiger partial charge on any atom is -0.399 e. The summed E-state index contributed by atoms with van der Waals surface area (Å²) in [4.78, 5) is 14.0. The number of anilines is 1. The third-order valence-electron chi connectivity index (χ3n) is 3.51. The largest absolute Gasteiger partial charge is 0.399 e. The van der Waals surface area contributed by atoms with Crippen molar-refractivity contribution in [2.45, 2.75) is 18.6 Å². The molecule has 2 N–H and O–H groups in total. The van der Waals surface area contributed by atoms with Crippen molar-refractivity contribution in [3.05, 3.63) is 29.8 Å². The van der Waals surface area contributed by atoms with Gasteiger partial charge in [0, 0.05) is 33.0 Å². The molecule has 2 unspecified atom stereocenters. The number of amides is 1. The number of rotatable bonds is 4. The number of hydrogen-bond donors (Lipinski definition) is 1. The van der Waals surface area contributed by atoms with Crippen molar-refractivity contribution in [3.63, 3.8) is 0 Å². The van der Waals surface area contributed by atoms with Crippen LogP contribution in [-0.2, 0) is 20.7 Å². The average molecular weight is 264 g/mol. The van der Waals surface area contributed by atoms with Crippen LogP contribution in [0, 0.1) is 0 Å². The quantitative estimate of drug-likeness (QED) is 0.812. The number of nitrogens with zero attached hydrogens (tertiary/aromatic N) is 1. The van der Waals surface area contributed by atoms with E-state index in [1.165, 1.54) is 0 Å². The minimum atomic E-state index is -0.0413. The summed E-state index contributed by atoms with van der Waals surface area (Å²) in [6.45, 7) is 1.17. The van der Waals surface area contributed by atoms with E-state index in [9.17, 15) is 4.79 Å². The normalized spacial score (nSPS) is 22.7. The fraction of sp³-hybridized carbons (Fsp3) is 0.500. The second kappa shape index (κ2) is 6.04. The summed E-state index contributed by atoms with van der Waals surface area (Å²) in [6.07, 6.45) is 0.299. The van der Waals surface area contributed by atoms with Gasteiger partial charge in [0.2, 0.25) is 5.91 Å². The van der Waals surface area contributed by atoms with Crippen LogP contribution in [0.1, 0.15) is 5.56 Å². The molecule has 0 saturated carbocycles. The number of nitrogen functional groups attached to an aromatic ring is 1. The highest BCUT2D eigenvalue weighted by Crippen LogP contribution is 2.17. The first-order chi connectivity index (χ1) is 9.13. The summed E-state index contributed by atoms with van der Waals surface area (Å²) < 4.78 is 10.7. The number of benzene rings is 1. The van der Waals surface area contributed by atoms with Crippen LogP contribution in [0.2, 0.25) is 0 Å². The molecule has 1 fully saturated rings. The van der Waals surface area contributed by atoms with E-state index < -0.39 is 0 Å². The molecule has 1 aromatic rings. The van der Waals surface area contributed by atoms with E-state index in [-0.39, 0.29) is 18.1 Å². The van der Waals surface area contributed by atoms with Crippen molar-refractivity contribution >= 4 is 11.6 Å². The van der Waals surface area contributed by atoms with E-state index in [4.69, 9.17) is 15.2 Å². The molecule has 0 aliphatic carbocycles. The SMILES string of the molecule is COC1CN(C(=O)Cc2ccc(N)cc2)CC1OC. The van der Waals surface area contributed by atoms with Gasteiger partial charge in [-0.15, -0.1) is 0 Å². The zero-order valence-corrected chi connectivity index (χ0v) is 11.3. The summed E-state index contributed by atoms with van der Waals surface area (Å²) >= 11 is 0. The molecule has 1 aromatic carbocycles. The molecule has 0 aromatic heterocycles. The first kappa shape index (κ1) is 13.8. The monoisotopic (exact) mass is 264 g/mol. The van der Waals surface area contributed by atoms with Crippen LogP contribution in [0.25, 0.3) is 0 Å². The number of likely N-dealkylation sites (tertiary alicyclic amines) is 1.